The molecule has 4 aromatic heterocycles. The van der Waals surface area contributed by atoms with Crippen molar-refractivity contribution in [3.8, 4) is 16.9 Å². The number of aliphatic hydroxyl groups is 1. The minimum atomic E-state index is -0.665. The fourth-order valence-corrected chi connectivity index (χ4v) is 5.63. The number of aromatic nitrogens is 7. The molecule has 2 aromatic carbocycles. The number of nitrogens with zero attached hydrogens (tertiary/aromatic N) is 7. The molecule has 0 aliphatic carbocycles. The number of aliphatic hydroxyl groups excluding tert-OH is 1. The Hall–Kier alpha value is -3.82. The van der Waals surface area contributed by atoms with Gasteiger partial charge in [-0.2, -0.15) is 15.3 Å². The maximum Gasteiger partial charge on any atom is 0.181 e. The second-order valence-corrected chi connectivity index (χ2v) is 11.3. The molecule has 0 radical (unpaired) electrons. The third kappa shape index (κ3) is 4.55. The largest absolute Gasteiger partial charge is 0.386 e. The number of aryl methyl sites for hydroxylation is 2. The van der Waals surface area contributed by atoms with Gasteiger partial charge in [0.1, 0.15) is 0 Å². The number of rotatable bonds is 6. The van der Waals surface area contributed by atoms with E-state index in [9.17, 15) is 5.11 Å². The lowest BCUT2D eigenvalue weighted by atomic mass is 9.95. The zero-order valence-electron chi connectivity index (χ0n) is 22.6. The van der Waals surface area contributed by atoms with E-state index in [-0.39, 0.29) is 5.92 Å². The van der Waals surface area contributed by atoms with E-state index in [0.717, 1.165) is 60.3 Å². The van der Waals surface area contributed by atoms with Gasteiger partial charge in [0, 0.05) is 51.5 Å². The number of hydrogen-bond acceptors (Lipinski definition) is 5. The summed E-state index contributed by atoms with van der Waals surface area (Å²) in [5.74, 6) is 0.258. The van der Waals surface area contributed by atoms with Gasteiger partial charge in [-0.15, -0.1) is 0 Å². The van der Waals surface area contributed by atoms with Crippen molar-refractivity contribution in [2.45, 2.75) is 46.3 Å². The summed E-state index contributed by atoms with van der Waals surface area (Å²) in [6, 6.07) is 16.0. The maximum atomic E-state index is 10.9. The van der Waals surface area contributed by atoms with E-state index >= 15 is 0 Å². The maximum absolute atomic E-state index is 10.9. The van der Waals surface area contributed by atoms with Crippen molar-refractivity contribution in [1.29, 1.82) is 0 Å². The Labute approximate surface area is 235 Å². The normalized spacial score (nSPS) is 12.7. The highest BCUT2D eigenvalue weighted by molar-refractivity contribution is 9.10. The Balaban J connectivity index is 1.45. The molecule has 9 heteroatoms. The minimum Gasteiger partial charge on any atom is -0.386 e. The number of hydrogen-bond donors (Lipinski definition) is 1. The fourth-order valence-electron chi connectivity index (χ4n) is 5.36. The Bertz CT molecular complexity index is 1830. The van der Waals surface area contributed by atoms with Gasteiger partial charge in [0.15, 0.2) is 5.65 Å². The third-order valence-corrected chi connectivity index (χ3v) is 7.74. The molecule has 0 bridgehead atoms. The smallest absolute Gasteiger partial charge is 0.181 e. The Morgan fingerprint density at radius 2 is 1.74 bits per heavy atom. The number of benzene rings is 2. The van der Waals surface area contributed by atoms with Crippen LogP contribution < -0.4 is 0 Å². The average Bonchev–Trinajstić information content (AvgIpc) is 3.57. The lowest BCUT2D eigenvalue weighted by Gasteiger charge is -2.11. The Morgan fingerprint density at radius 3 is 2.49 bits per heavy atom. The van der Waals surface area contributed by atoms with Crippen LogP contribution >= 0.6 is 15.9 Å². The fraction of sp³-hybridized carbons (Fsp3) is 0.267. The molecule has 0 saturated carbocycles. The summed E-state index contributed by atoms with van der Waals surface area (Å²) >= 11 is 3.45. The highest BCUT2D eigenvalue weighted by Crippen LogP contribution is 2.37. The lowest BCUT2D eigenvalue weighted by molar-refractivity contribution is 0.152. The van der Waals surface area contributed by atoms with Gasteiger partial charge in [-0.05, 0) is 49.6 Å². The SMILES string of the molecule is Cc1nc2nn(C)cc2cc1-n1nc(-c2cccc3nn(CC(O)c4ccc(Br)cc4)cc23)c(C(C)C)c1C. The van der Waals surface area contributed by atoms with E-state index in [4.69, 9.17) is 15.2 Å². The van der Waals surface area contributed by atoms with Crippen LogP contribution in [0.3, 0.4) is 0 Å². The summed E-state index contributed by atoms with van der Waals surface area (Å²) in [7, 11) is 1.91. The molecule has 0 aliphatic rings. The Kier molecular flexibility index (Phi) is 6.35. The Morgan fingerprint density at radius 1 is 0.974 bits per heavy atom. The van der Waals surface area contributed by atoms with Crippen LogP contribution in [-0.4, -0.2) is 39.4 Å². The van der Waals surface area contributed by atoms with Crippen molar-refractivity contribution in [2.75, 3.05) is 0 Å². The predicted molar refractivity (Wildman–Crippen MR) is 157 cm³/mol. The first-order chi connectivity index (χ1) is 18.7. The van der Waals surface area contributed by atoms with Crippen molar-refractivity contribution < 1.29 is 5.11 Å². The zero-order chi connectivity index (χ0) is 27.4. The minimum absolute atomic E-state index is 0.258. The number of halogens is 1. The van der Waals surface area contributed by atoms with Crippen molar-refractivity contribution in [3.63, 3.8) is 0 Å². The quantitative estimate of drug-likeness (QED) is 0.245. The molecular formula is C30H30BrN7O. The van der Waals surface area contributed by atoms with Gasteiger partial charge < -0.3 is 5.11 Å². The van der Waals surface area contributed by atoms with E-state index < -0.39 is 6.10 Å². The second-order valence-electron chi connectivity index (χ2n) is 10.4. The molecule has 1 unspecified atom stereocenters. The van der Waals surface area contributed by atoms with Crippen LogP contribution in [-0.2, 0) is 13.6 Å². The monoisotopic (exact) mass is 583 g/mol. The van der Waals surface area contributed by atoms with E-state index in [1.54, 1.807) is 4.68 Å². The van der Waals surface area contributed by atoms with Gasteiger partial charge in [0.25, 0.3) is 0 Å². The first-order valence-electron chi connectivity index (χ1n) is 13.0. The molecule has 6 aromatic rings. The summed E-state index contributed by atoms with van der Waals surface area (Å²) in [6.45, 7) is 8.88. The van der Waals surface area contributed by atoms with Crippen molar-refractivity contribution in [3.05, 3.63) is 87.9 Å². The average molecular weight is 585 g/mol. The summed E-state index contributed by atoms with van der Waals surface area (Å²) < 4.78 is 6.60. The lowest BCUT2D eigenvalue weighted by Crippen LogP contribution is -2.08. The molecule has 0 aliphatic heterocycles. The molecule has 0 spiro atoms. The van der Waals surface area contributed by atoms with Gasteiger partial charge >= 0.3 is 0 Å². The third-order valence-electron chi connectivity index (χ3n) is 7.21. The van der Waals surface area contributed by atoms with Crippen molar-refractivity contribution in [2.24, 2.45) is 7.05 Å². The molecular weight excluding hydrogens is 554 g/mol. The van der Waals surface area contributed by atoms with Crippen LogP contribution in [0.5, 0.6) is 0 Å². The molecule has 1 atom stereocenters. The van der Waals surface area contributed by atoms with Crippen LogP contribution in [0.2, 0.25) is 0 Å². The van der Waals surface area contributed by atoms with Crippen LogP contribution in [0.1, 0.15) is 48.4 Å². The summed E-state index contributed by atoms with van der Waals surface area (Å²) in [4.78, 5) is 4.75. The molecule has 6 rings (SSSR count). The first-order valence-corrected chi connectivity index (χ1v) is 13.8. The van der Waals surface area contributed by atoms with Crippen molar-refractivity contribution >= 4 is 37.9 Å². The van der Waals surface area contributed by atoms with Crippen LogP contribution in [0.25, 0.3) is 38.9 Å². The van der Waals surface area contributed by atoms with Crippen LogP contribution in [0.15, 0.2) is 65.4 Å². The van der Waals surface area contributed by atoms with Gasteiger partial charge in [0.05, 0.1) is 35.2 Å². The molecule has 0 fully saturated rings. The first kappa shape index (κ1) is 25.5. The van der Waals surface area contributed by atoms with E-state index in [2.05, 4.69) is 53.9 Å². The molecule has 4 heterocycles. The molecule has 198 valence electrons. The second kappa shape index (κ2) is 9.73. The van der Waals surface area contributed by atoms with Gasteiger partial charge in [-0.25, -0.2) is 9.67 Å². The highest BCUT2D eigenvalue weighted by Gasteiger charge is 2.23. The molecule has 0 saturated heterocycles. The van der Waals surface area contributed by atoms with Gasteiger partial charge in [-0.1, -0.05) is 54.0 Å². The highest BCUT2D eigenvalue weighted by atomic mass is 79.9. The standard InChI is InChI=1S/C30H30BrN7O/c1-17(2)28-19(4)38(26-13-21-14-36(5)35-30(21)32-18(26)3)34-29(28)23-7-6-8-25-24(23)15-37(33-25)16-27(39)20-9-11-22(31)12-10-20/h6-15,17,27,39H,16H2,1-5H3. The van der Waals surface area contributed by atoms with E-state index in [1.165, 1.54) is 5.56 Å². The number of pyridine rings is 1. The predicted octanol–water partition coefficient (Wildman–Crippen LogP) is 6.41. The van der Waals surface area contributed by atoms with Crippen LogP contribution in [0.4, 0.5) is 0 Å². The van der Waals surface area contributed by atoms with Gasteiger partial charge in [0.2, 0.25) is 0 Å². The summed E-state index contributed by atoms with van der Waals surface area (Å²) in [6.07, 6.45) is 3.33. The molecule has 1 N–H and O–H groups in total. The van der Waals surface area contributed by atoms with Gasteiger partial charge in [-0.3, -0.25) is 9.36 Å². The molecule has 8 nitrogen and oxygen atoms in total. The molecule has 39 heavy (non-hydrogen) atoms. The summed E-state index contributed by atoms with van der Waals surface area (Å²) in [5.41, 5.74) is 8.51. The summed E-state index contributed by atoms with van der Waals surface area (Å²) in [5, 5.41) is 27.3. The topological polar surface area (TPSA) is 86.6 Å². The van der Waals surface area contributed by atoms with E-state index in [0.29, 0.717) is 6.54 Å². The van der Waals surface area contributed by atoms with Crippen molar-refractivity contribution in [1.82, 2.24) is 34.3 Å². The zero-order valence-corrected chi connectivity index (χ0v) is 24.2. The van der Waals surface area contributed by atoms with Crippen LogP contribution in [0, 0.1) is 13.8 Å². The molecule has 0 amide bonds. The number of fused-ring (bicyclic) bond motifs is 2. The van der Waals surface area contributed by atoms with E-state index in [1.807, 2.05) is 72.1 Å².